The summed E-state index contributed by atoms with van der Waals surface area (Å²) < 4.78 is 4.91. The lowest BCUT2D eigenvalue weighted by molar-refractivity contribution is -0.122. The molecule has 0 aliphatic carbocycles. The van der Waals surface area contributed by atoms with E-state index in [1.807, 2.05) is 35.2 Å². The van der Waals surface area contributed by atoms with Crippen molar-refractivity contribution in [1.82, 2.24) is 10.2 Å². The van der Waals surface area contributed by atoms with Crippen molar-refractivity contribution in [3.63, 3.8) is 0 Å². The third kappa shape index (κ3) is 4.84. The molecule has 120 valence electrons. The number of piperidine rings is 1. The predicted octanol–water partition coefficient (Wildman–Crippen LogP) is 1.69. The Kier molecular flexibility index (Phi) is 6.40. The SMILES string of the molecule is COCCNC(=O)CC1CCN(C(=O)c2ccccc2)CC1. The molecule has 1 aromatic carbocycles. The largest absolute Gasteiger partial charge is 0.383 e. The molecule has 1 N–H and O–H groups in total. The van der Waals surface area contributed by atoms with E-state index in [0.29, 0.717) is 25.5 Å². The molecule has 0 spiro atoms. The van der Waals surface area contributed by atoms with Crippen LogP contribution >= 0.6 is 0 Å². The molecule has 2 amide bonds. The first-order chi connectivity index (χ1) is 10.7. The minimum absolute atomic E-state index is 0.0740. The summed E-state index contributed by atoms with van der Waals surface area (Å²) in [5.74, 6) is 0.524. The average Bonchev–Trinajstić information content (AvgIpc) is 2.56. The van der Waals surface area contributed by atoms with Crippen molar-refractivity contribution < 1.29 is 14.3 Å². The van der Waals surface area contributed by atoms with Gasteiger partial charge in [-0.3, -0.25) is 9.59 Å². The lowest BCUT2D eigenvalue weighted by atomic mass is 9.93. The summed E-state index contributed by atoms with van der Waals surface area (Å²) >= 11 is 0. The molecule has 22 heavy (non-hydrogen) atoms. The maximum Gasteiger partial charge on any atom is 0.253 e. The van der Waals surface area contributed by atoms with Crippen LogP contribution in [0.2, 0.25) is 0 Å². The van der Waals surface area contributed by atoms with E-state index >= 15 is 0 Å². The second-order valence-electron chi connectivity index (χ2n) is 5.65. The standard InChI is InChI=1S/C17H24N2O3/c1-22-12-9-18-16(20)13-14-7-10-19(11-8-14)17(21)15-5-3-2-4-6-15/h2-6,14H,7-13H2,1H3,(H,18,20). The number of nitrogens with one attached hydrogen (secondary N) is 1. The Morgan fingerprint density at radius 3 is 2.55 bits per heavy atom. The van der Waals surface area contributed by atoms with Crippen LogP contribution in [0, 0.1) is 5.92 Å². The van der Waals surface area contributed by atoms with Gasteiger partial charge in [0.2, 0.25) is 5.91 Å². The molecule has 0 bridgehead atoms. The fourth-order valence-electron chi connectivity index (χ4n) is 2.73. The zero-order chi connectivity index (χ0) is 15.8. The van der Waals surface area contributed by atoms with Crippen LogP contribution in [0.3, 0.4) is 0 Å². The second-order valence-corrected chi connectivity index (χ2v) is 5.65. The number of nitrogens with zero attached hydrogens (tertiary/aromatic N) is 1. The molecule has 1 heterocycles. The van der Waals surface area contributed by atoms with Gasteiger partial charge in [0.1, 0.15) is 0 Å². The quantitative estimate of drug-likeness (QED) is 0.814. The van der Waals surface area contributed by atoms with Gasteiger partial charge in [-0.1, -0.05) is 18.2 Å². The van der Waals surface area contributed by atoms with Gasteiger partial charge in [-0.15, -0.1) is 0 Å². The highest BCUT2D eigenvalue weighted by atomic mass is 16.5. The number of rotatable bonds is 6. The monoisotopic (exact) mass is 304 g/mol. The summed E-state index contributed by atoms with van der Waals surface area (Å²) in [6.07, 6.45) is 2.31. The summed E-state index contributed by atoms with van der Waals surface area (Å²) in [4.78, 5) is 26.0. The Bertz CT molecular complexity index is 482. The first kappa shape index (κ1) is 16.5. The van der Waals surface area contributed by atoms with Gasteiger partial charge in [0.25, 0.3) is 5.91 Å². The molecular formula is C17H24N2O3. The van der Waals surface area contributed by atoms with Gasteiger partial charge >= 0.3 is 0 Å². The fourth-order valence-corrected chi connectivity index (χ4v) is 2.73. The summed E-state index contributed by atoms with van der Waals surface area (Å²) in [6.45, 7) is 2.55. The molecule has 1 saturated heterocycles. The smallest absolute Gasteiger partial charge is 0.253 e. The lowest BCUT2D eigenvalue weighted by Gasteiger charge is -2.31. The van der Waals surface area contributed by atoms with E-state index in [2.05, 4.69) is 5.32 Å². The van der Waals surface area contributed by atoms with Crippen molar-refractivity contribution in [1.29, 1.82) is 0 Å². The summed E-state index contributed by atoms with van der Waals surface area (Å²) in [6, 6.07) is 9.36. The maximum absolute atomic E-state index is 12.3. The van der Waals surface area contributed by atoms with Crippen LogP contribution < -0.4 is 5.32 Å². The molecule has 0 radical (unpaired) electrons. The predicted molar refractivity (Wildman–Crippen MR) is 84.6 cm³/mol. The van der Waals surface area contributed by atoms with Crippen LogP contribution in [-0.4, -0.2) is 50.1 Å². The Morgan fingerprint density at radius 1 is 1.23 bits per heavy atom. The van der Waals surface area contributed by atoms with Crippen molar-refractivity contribution in [2.45, 2.75) is 19.3 Å². The van der Waals surface area contributed by atoms with Crippen molar-refractivity contribution >= 4 is 11.8 Å². The average molecular weight is 304 g/mol. The third-order valence-electron chi connectivity index (χ3n) is 4.02. The van der Waals surface area contributed by atoms with Crippen molar-refractivity contribution in [3.05, 3.63) is 35.9 Å². The van der Waals surface area contributed by atoms with Crippen LogP contribution in [0.5, 0.6) is 0 Å². The highest BCUT2D eigenvalue weighted by Crippen LogP contribution is 2.21. The summed E-state index contributed by atoms with van der Waals surface area (Å²) in [5.41, 5.74) is 0.734. The molecule has 0 aromatic heterocycles. The number of carbonyl (C=O) groups is 2. The molecule has 5 nitrogen and oxygen atoms in total. The first-order valence-corrected chi connectivity index (χ1v) is 7.80. The highest BCUT2D eigenvalue weighted by molar-refractivity contribution is 5.94. The zero-order valence-corrected chi connectivity index (χ0v) is 13.1. The highest BCUT2D eigenvalue weighted by Gasteiger charge is 2.24. The lowest BCUT2D eigenvalue weighted by Crippen LogP contribution is -2.39. The fraction of sp³-hybridized carbons (Fsp3) is 0.529. The van der Waals surface area contributed by atoms with E-state index in [-0.39, 0.29) is 11.8 Å². The molecule has 0 saturated carbocycles. The van der Waals surface area contributed by atoms with Crippen LogP contribution in [0.15, 0.2) is 30.3 Å². The Balaban J connectivity index is 1.74. The Morgan fingerprint density at radius 2 is 1.91 bits per heavy atom. The Labute approximate surface area is 131 Å². The van der Waals surface area contributed by atoms with Gasteiger partial charge in [-0.05, 0) is 30.9 Å². The number of ether oxygens (including phenoxy) is 1. The number of methoxy groups -OCH3 is 1. The van der Waals surface area contributed by atoms with E-state index < -0.39 is 0 Å². The number of hydrogen-bond donors (Lipinski definition) is 1. The minimum Gasteiger partial charge on any atom is -0.383 e. The van der Waals surface area contributed by atoms with Crippen molar-refractivity contribution in [2.24, 2.45) is 5.92 Å². The molecule has 0 atom stereocenters. The number of benzene rings is 1. The van der Waals surface area contributed by atoms with E-state index in [0.717, 1.165) is 31.5 Å². The topological polar surface area (TPSA) is 58.6 Å². The summed E-state index contributed by atoms with van der Waals surface area (Å²) in [5, 5.41) is 2.85. The molecule has 1 aromatic rings. The van der Waals surface area contributed by atoms with Crippen molar-refractivity contribution in [2.75, 3.05) is 33.4 Å². The van der Waals surface area contributed by atoms with Crippen LogP contribution in [0.4, 0.5) is 0 Å². The zero-order valence-electron chi connectivity index (χ0n) is 13.1. The van der Waals surface area contributed by atoms with Gasteiger partial charge in [0.05, 0.1) is 6.61 Å². The van der Waals surface area contributed by atoms with Crippen molar-refractivity contribution in [3.8, 4) is 0 Å². The molecule has 0 unspecified atom stereocenters. The molecule has 5 heteroatoms. The van der Waals surface area contributed by atoms with Gasteiger partial charge in [-0.2, -0.15) is 0 Å². The van der Waals surface area contributed by atoms with Gasteiger partial charge < -0.3 is 15.0 Å². The van der Waals surface area contributed by atoms with Gasteiger partial charge in [0, 0.05) is 38.7 Å². The number of hydrogen-bond acceptors (Lipinski definition) is 3. The van der Waals surface area contributed by atoms with Gasteiger partial charge in [0.15, 0.2) is 0 Å². The van der Waals surface area contributed by atoms with E-state index in [9.17, 15) is 9.59 Å². The molecular weight excluding hydrogens is 280 g/mol. The van der Waals surface area contributed by atoms with E-state index in [1.54, 1.807) is 7.11 Å². The second kappa shape index (κ2) is 8.54. The third-order valence-corrected chi connectivity index (χ3v) is 4.02. The number of amides is 2. The first-order valence-electron chi connectivity index (χ1n) is 7.80. The normalized spacial score (nSPS) is 15.6. The van der Waals surface area contributed by atoms with E-state index in [4.69, 9.17) is 4.74 Å². The maximum atomic E-state index is 12.3. The molecule has 2 rings (SSSR count). The van der Waals surface area contributed by atoms with Crippen LogP contribution in [0.1, 0.15) is 29.6 Å². The summed E-state index contributed by atoms with van der Waals surface area (Å²) in [7, 11) is 1.62. The van der Waals surface area contributed by atoms with E-state index in [1.165, 1.54) is 0 Å². The minimum atomic E-state index is 0.0740. The number of carbonyl (C=O) groups excluding carboxylic acids is 2. The molecule has 1 fully saturated rings. The molecule has 1 aliphatic rings. The van der Waals surface area contributed by atoms with Crippen LogP contribution in [-0.2, 0) is 9.53 Å². The number of likely N-dealkylation sites (tertiary alicyclic amines) is 1. The molecule has 1 aliphatic heterocycles. The van der Waals surface area contributed by atoms with Crippen LogP contribution in [0.25, 0.3) is 0 Å². The Hall–Kier alpha value is -1.88. The van der Waals surface area contributed by atoms with Gasteiger partial charge in [-0.25, -0.2) is 0 Å².